The lowest BCUT2D eigenvalue weighted by Crippen LogP contribution is -2.51. The summed E-state index contributed by atoms with van der Waals surface area (Å²) in [5.74, 6) is 2.18. The van der Waals surface area contributed by atoms with E-state index in [2.05, 4.69) is 30.7 Å². The van der Waals surface area contributed by atoms with Crippen LogP contribution in [0.25, 0.3) is 17.0 Å². The molecule has 0 unspecified atom stereocenters. The van der Waals surface area contributed by atoms with Crippen molar-refractivity contribution in [3.63, 3.8) is 0 Å². The second-order valence-corrected chi connectivity index (χ2v) is 8.79. The van der Waals surface area contributed by atoms with E-state index in [0.717, 1.165) is 49.0 Å². The Morgan fingerprint density at radius 2 is 1.94 bits per heavy atom. The first kappa shape index (κ1) is 20.0. The van der Waals surface area contributed by atoms with Crippen LogP contribution in [0.4, 0.5) is 4.79 Å². The van der Waals surface area contributed by atoms with Gasteiger partial charge in [0, 0.05) is 12.0 Å². The highest BCUT2D eigenvalue weighted by molar-refractivity contribution is 5.76. The summed E-state index contributed by atoms with van der Waals surface area (Å²) in [6.07, 6.45) is 5.82. The number of imidazole rings is 1. The summed E-state index contributed by atoms with van der Waals surface area (Å²) in [7, 11) is 0. The minimum atomic E-state index is -0.561. The van der Waals surface area contributed by atoms with Crippen LogP contribution in [-0.4, -0.2) is 54.1 Å². The van der Waals surface area contributed by atoms with Gasteiger partial charge >= 0.3 is 6.03 Å². The number of carbonyl (C=O) groups is 1. The number of carbonyl (C=O) groups excluding carboxylic acids is 1. The van der Waals surface area contributed by atoms with Crippen LogP contribution in [0.2, 0.25) is 0 Å². The quantitative estimate of drug-likeness (QED) is 0.514. The number of nitrogens with one attached hydrogen (secondary N) is 3. The molecule has 4 N–H and O–H groups in total. The fourth-order valence-electron chi connectivity index (χ4n) is 4.90. The summed E-state index contributed by atoms with van der Waals surface area (Å²) in [5.41, 5.74) is 1.82. The van der Waals surface area contributed by atoms with Crippen molar-refractivity contribution in [1.82, 2.24) is 35.4 Å². The number of amides is 2. The molecule has 0 spiro atoms. The van der Waals surface area contributed by atoms with E-state index in [1.807, 2.05) is 31.2 Å². The number of para-hydroxylation sites is 2. The average molecular weight is 424 g/mol. The highest BCUT2D eigenvalue weighted by Gasteiger charge is 2.34. The Bertz CT molecular complexity index is 1040. The van der Waals surface area contributed by atoms with Gasteiger partial charge in [0.2, 0.25) is 5.95 Å². The van der Waals surface area contributed by atoms with E-state index < -0.39 is 6.10 Å². The maximum absolute atomic E-state index is 12.5. The third-order valence-electron chi connectivity index (χ3n) is 6.50. The zero-order valence-electron chi connectivity index (χ0n) is 17.7. The zero-order chi connectivity index (χ0) is 21.4. The molecule has 1 aromatic carbocycles. The number of H-pyrrole nitrogens is 1. The molecule has 2 saturated carbocycles. The van der Waals surface area contributed by atoms with Crippen LogP contribution in [0.1, 0.15) is 62.5 Å². The molecule has 2 fully saturated rings. The minimum Gasteiger partial charge on any atom is -0.391 e. The summed E-state index contributed by atoms with van der Waals surface area (Å²) >= 11 is 0. The van der Waals surface area contributed by atoms with Gasteiger partial charge in [0.05, 0.1) is 23.2 Å². The lowest BCUT2D eigenvalue weighted by atomic mass is 9.83. The molecular weight excluding hydrogens is 394 g/mol. The van der Waals surface area contributed by atoms with Crippen LogP contribution in [-0.2, 0) is 0 Å². The van der Waals surface area contributed by atoms with Gasteiger partial charge in [0.25, 0.3) is 0 Å². The highest BCUT2D eigenvalue weighted by atomic mass is 16.3. The van der Waals surface area contributed by atoms with Crippen molar-refractivity contribution in [1.29, 1.82) is 0 Å². The van der Waals surface area contributed by atoms with Crippen LogP contribution in [0, 0.1) is 6.92 Å². The van der Waals surface area contributed by atoms with Gasteiger partial charge in [-0.05, 0) is 51.2 Å². The second-order valence-electron chi connectivity index (χ2n) is 8.79. The second kappa shape index (κ2) is 8.30. The van der Waals surface area contributed by atoms with Crippen LogP contribution in [0.15, 0.2) is 24.3 Å². The van der Waals surface area contributed by atoms with Gasteiger partial charge < -0.3 is 20.7 Å². The third-order valence-corrected chi connectivity index (χ3v) is 6.50. The van der Waals surface area contributed by atoms with E-state index >= 15 is 0 Å². The predicted octanol–water partition coefficient (Wildman–Crippen LogP) is 2.69. The summed E-state index contributed by atoms with van der Waals surface area (Å²) in [6, 6.07) is 7.60. The molecule has 5 rings (SSSR count). The Kier molecular flexibility index (Phi) is 5.35. The van der Waals surface area contributed by atoms with Crippen molar-refractivity contribution in [2.75, 3.05) is 0 Å². The fraction of sp³-hybridized carbons (Fsp3) is 0.545. The molecule has 0 radical (unpaired) electrons. The largest absolute Gasteiger partial charge is 0.391 e. The van der Waals surface area contributed by atoms with Crippen molar-refractivity contribution in [2.24, 2.45) is 0 Å². The van der Waals surface area contributed by atoms with E-state index in [0.29, 0.717) is 24.6 Å². The van der Waals surface area contributed by atoms with Crippen LogP contribution >= 0.6 is 0 Å². The number of benzene rings is 1. The van der Waals surface area contributed by atoms with Crippen molar-refractivity contribution < 1.29 is 9.90 Å². The number of hydrogen-bond donors (Lipinski definition) is 4. The Labute approximate surface area is 180 Å². The molecule has 0 aliphatic heterocycles. The molecule has 164 valence electrons. The number of aliphatic hydroxyl groups excluding tert-OH is 1. The maximum atomic E-state index is 12.5. The smallest absolute Gasteiger partial charge is 0.315 e. The molecule has 2 amide bonds. The molecular formula is C22H29N7O2. The van der Waals surface area contributed by atoms with E-state index in [1.54, 1.807) is 4.68 Å². The molecule has 2 aliphatic carbocycles. The van der Waals surface area contributed by atoms with Gasteiger partial charge in [-0.3, -0.25) is 0 Å². The number of hydrogen-bond acceptors (Lipinski definition) is 5. The first-order valence-corrected chi connectivity index (χ1v) is 11.2. The van der Waals surface area contributed by atoms with E-state index in [4.69, 9.17) is 0 Å². The lowest BCUT2D eigenvalue weighted by Gasteiger charge is -2.33. The van der Waals surface area contributed by atoms with Crippen molar-refractivity contribution in [2.45, 2.75) is 76.0 Å². The van der Waals surface area contributed by atoms with E-state index in [1.165, 1.54) is 0 Å². The molecule has 31 heavy (non-hydrogen) atoms. The van der Waals surface area contributed by atoms with Gasteiger partial charge in [-0.2, -0.15) is 4.68 Å². The van der Waals surface area contributed by atoms with Crippen LogP contribution in [0.3, 0.4) is 0 Å². The minimum absolute atomic E-state index is 0.0644. The number of aromatic amines is 1. The first-order valence-electron chi connectivity index (χ1n) is 11.2. The SMILES string of the molecule is Cc1nc([C@H]2CC[C@@H](O)[C@H](NC(=O)NC3CCCC3)C2)n(-c2nc3ccccc3[nH]2)n1. The summed E-state index contributed by atoms with van der Waals surface area (Å²) in [4.78, 5) is 25.1. The molecule has 9 nitrogen and oxygen atoms in total. The van der Waals surface area contributed by atoms with Gasteiger partial charge in [0.1, 0.15) is 11.6 Å². The molecule has 2 aromatic heterocycles. The number of nitrogens with zero attached hydrogens (tertiary/aromatic N) is 4. The highest BCUT2D eigenvalue weighted by Crippen LogP contribution is 2.33. The molecule has 0 saturated heterocycles. The van der Waals surface area contributed by atoms with Crippen molar-refractivity contribution in [3.8, 4) is 5.95 Å². The molecule has 9 heteroatoms. The number of aliphatic hydroxyl groups is 1. The number of urea groups is 1. The maximum Gasteiger partial charge on any atom is 0.315 e. The Morgan fingerprint density at radius 3 is 2.74 bits per heavy atom. The summed E-state index contributed by atoms with van der Waals surface area (Å²) in [6.45, 7) is 1.87. The molecule has 3 aromatic rings. The summed E-state index contributed by atoms with van der Waals surface area (Å²) < 4.78 is 1.77. The average Bonchev–Trinajstić information content (AvgIpc) is 3.48. The number of rotatable bonds is 4. The Morgan fingerprint density at radius 1 is 1.13 bits per heavy atom. The van der Waals surface area contributed by atoms with Crippen LogP contribution in [0.5, 0.6) is 0 Å². The Balaban J connectivity index is 1.34. The van der Waals surface area contributed by atoms with Gasteiger partial charge in [-0.15, -0.1) is 5.10 Å². The lowest BCUT2D eigenvalue weighted by molar-refractivity contribution is 0.0850. The molecule has 2 heterocycles. The van der Waals surface area contributed by atoms with Crippen LogP contribution < -0.4 is 10.6 Å². The van der Waals surface area contributed by atoms with E-state index in [-0.39, 0.29) is 24.0 Å². The van der Waals surface area contributed by atoms with Gasteiger partial charge in [-0.1, -0.05) is 25.0 Å². The normalized spacial score (nSPS) is 24.5. The zero-order valence-corrected chi connectivity index (χ0v) is 17.7. The molecule has 0 bridgehead atoms. The van der Waals surface area contributed by atoms with E-state index in [9.17, 15) is 9.90 Å². The standard InChI is InChI=1S/C22H29N7O2/c1-13-23-20(29(28-13)21-25-16-8-4-5-9-17(16)26-21)14-10-11-19(30)18(12-14)27-22(31)24-15-6-2-3-7-15/h4-5,8-9,14-15,18-19,30H,2-3,6-7,10-12H2,1H3,(H,25,26)(H2,24,27,31)/t14-,18+,19+/m0/s1. The summed E-state index contributed by atoms with van der Waals surface area (Å²) in [5, 5.41) is 21.2. The third kappa shape index (κ3) is 4.14. The monoisotopic (exact) mass is 423 g/mol. The Hall–Kier alpha value is -2.94. The molecule has 2 aliphatic rings. The van der Waals surface area contributed by atoms with Crippen molar-refractivity contribution >= 4 is 17.1 Å². The predicted molar refractivity (Wildman–Crippen MR) is 116 cm³/mol. The topological polar surface area (TPSA) is 121 Å². The number of aromatic nitrogens is 5. The number of fused-ring (bicyclic) bond motifs is 1. The van der Waals surface area contributed by atoms with Gasteiger partial charge in [0.15, 0.2) is 0 Å². The van der Waals surface area contributed by atoms with Crippen molar-refractivity contribution in [3.05, 3.63) is 35.9 Å². The molecule has 3 atom stereocenters. The van der Waals surface area contributed by atoms with Gasteiger partial charge in [-0.25, -0.2) is 14.8 Å². The fourth-order valence-corrected chi connectivity index (χ4v) is 4.90. The first-order chi connectivity index (χ1) is 15.1. The number of aryl methyl sites for hydroxylation is 1.